The summed E-state index contributed by atoms with van der Waals surface area (Å²) < 4.78 is 4.27. The van der Waals surface area contributed by atoms with Gasteiger partial charge in [0.05, 0.1) is 25.2 Å². The number of ether oxygens (including phenoxy) is 1. The van der Waals surface area contributed by atoms with E-state index in [0.29, 0.717) is 0 Å². The largest absolute Gasteiger partial charge is 0.393 e. The monoisotopic (exact) mass is 190 g/mol. The summed E-state index contributed by atoms with van der Waals surface area (Å²) in [5, 5.41) is 0. The summed E-state index contributed by atoms with van der Waals surface area (Å²) in [7, 11) is 0. The van der Waals surface area contributed by atoms with E-state index in [1.165, 1.54) is 0 Å². The lowest BCUT2D eigenvalue weighted by Crippen LogP contribution is -2.36. The van der Waals surface area contributed by atoms with Gasteiger partial charge in [-0.05, 0) is 0 Å². The Morgan fingerprint density at radius 1 is 0.923 bits per heavy atom. The van der Waals surface area contributed by atoms with E-state index in [1.54, 1.807) is 0 Å². The third kappa shape index (κ3) is 7.34. The molecular weight excluding hydrogens is 176 g/mol. The van der Waals surface area contributed by atoms with E-state index in [1.807, 2.05) is 0 Å². The maximum Gasteiger partial charge on any atom is 0.316 e. The SMILES string of the molecule is NC(N)CC(=O)OC(=O)CC(N)N. The molecule has 0 saturated heterocycles. The van der Waals surface area contributed by atoms with E-state index in [-0.39, 0.29) is 12.8 Å². The van der Waals surface area contributed by atoms with E-state index in [2.05, 4.69) is 4.74 Å². The van der Waals surface area contributed by atoms with E-state index in [0.717, 1.165) is 0 Å². The van der Waals surface area contributed by atoms with Gasteiger partial charge in [0.25, 0.3) is 0 Å². The van der Waals surface area contributed by atoms with Crippen LogP contribution in [0.25, 0.3) is 0 Å². The van der Waals surface area contributed by atoms with Gasteiger partial charge >= 0.3 is 11.9 Å². The van der Waals surface area contributed by atoms with Crippen molar-refractivity contribution < 1.29 is 14.3 Å². The van der Waals surface area contributed by atoms with Crippen molar-refractivity contribution in [3.63, 3.8) is 0 Å². The molecule has 0 bridgehead atoms. The molecule has 0 fully saturated rings. The Labute approximate surface area is 75.4 Å². The molecule has 7 heteroatoms. The molecule has 0 aromatic heterocycles. The van der Waals surface area contributed by atoms with Crippen LogP contribution in [0.2, 0.25) is 0 Å². The van der Waals surface area contributed by atoms with Gasteiger partial charge in [-0.1, -0.05) is 0 Å². The Morgan fingerprint density at radius 2 is 1.23 bits per heavy atom. The Balaban J connectivity index is 3.72. The average molecular weight is 190 g/mol. The number of carbonyl (C=O) groups excluding carboxylic acids is 2. The maximum absolute atomic E-state index is 10.8. The molecule has 0 atom stereocenters. The minimum absolute atomic E-state index is 0.217. The smallest absolute Gasteiger partial charge is 0.316 e. The first kappa shape index (κ1) is 12.0. The molecule has 0 radical (unpaired) electrons. The summed E-state index contributed by atoms with van der Waals surface area (Å²) in [6, 6.07) is 0. The first-order chi connectivity index (χ1) is 5.91. The zero-order valence-corrected chi connectivity index (χ0v) is 7.10. The van der Waals surface area contributed by atoms with E-state index < -0.39 is 24.3 Å². The molecule has 8 N–H and O–H groups in total. The first-order valence-corrected chi connectivity index (χ1v) is 3.67. The molecule has 0 amide bonds. The fourth-order valence-electron chi connectivity index (χ4n) is 0.595. The quantitative estimate of drug-likeness (QED) is 0.214. The minimum atomic E-state index is -0.827. The lowest BCUT2D eigenvalue weighted by molar-refractivity contribution is -0.160. The Hall–Kier alpha value is -1.02. The second kappa shape index (κ2) is 5.60. The fourth-order valence-corrected chi connectivity index (χ4v) is 0.595. The molecule has 0 spiro atoms. The second-order valence-corrected chi connectivity index (χ2v) is 2.58. The summed E-state index contributed by atoms with van der Waals surface area (Å²) in [5.41, 5.74) is 20.3. The van der Waals surface area contributed by atoms with Gasteiger partial charge in [0.15, 0.2) is 0 Å². The molecule has 7 nitrogen and oxygen atoms in total. The van der Waals surface area contributed by atoms with Crippen molar-refractivity contribution in [1.29, 1.82) is 0 Å². The molecule has 0 unspecified atom stereocenters. The highest BCUT2D eigenvalue weighted by Crippen LogP contribution is 1.92. The van der Waals surface area contributed by atoms with Crippen molar-refractivity contribution >= 4 is 11.9 Å². The molecule has 0 saturated carbocycles. The van der Waals surface area contributed by atoms with Crippen molar-refractivity contribution in [2.24, 2.45) is 22.9 Å². The van der Waals surface area contributed by atoms with Crippen LogP contribution in [0.3, 0.4) is 0 Å². The molecule has 0 aliphatic heterocycles. The van der Waals surface area contributed by atoms with Crippen LogP contribution in [0.4, 0.5) is 0 Å². The van der Waals surface area contributed by atoms with Crippen LogP contribution in [0.15, 0.2) is 0 Å². The summed E-state index contributed by atoms with van der Waals surface area (Å²) in [6.45, 7) is 0. The van der Waals surface area contributed by atoms with Gasteiger partial charge in [-0.25, -0.2) is 0 Å². The third-order valence-corrected chi connectivity index (χ3v) is 1.03. The number of carbonyl (C=O) groups is 2. The molecule has 0 aliphatic rings. The predicted octanol–water partition coefficient (Wildman–Crippen LogP) is -2.68. The summed E-state index contributed by atoms with van der Waals surface area (Å²) in [4.78, 5) is 21.5. The topological polar surface area (TPSA) is 147 Å². The Kier molecular flexibility index (Phi) is 5.16. The van der Waals surface area contributed by atoms with Crippen LogP contribution in [-0.2, 0) is 14.3 Å². The van der Waals surface area contributed by atoms with Crippen molar-refractivity contribution in [2.45, 2.75) is 25.2 Å². The summed E-state index contributed by atoms with van der Waals surface area (Å²) >= 11 is 0. The fraction of sp³-hybridized carbons (Fsp3) is 0.667. The van der Waals surface area contributed by atoms with Crippen LogP contribution < -0.4 is 22.9 Å². The average Bonchev–Trinajstić information content (AvgIpc) is 1.80. The van der Waals surface area contributed by atoms with Crippen LogP contribution in [0.1, 0.15) is 12.8 Å². The van der Waals surface area contributed by atoms with Crippen LogP contribution in [-0.4, -0.2) is 24.3 Å². The van der Waals surface area contributed by atoms with Gasteiger partial charge < -0.3 is 27.7 Å². The van der Waals surface area contributed by atoms with Crippen LogP contribution >= 0.6 is 0 Å². The maximum atomic E-state index is 10.8. The number of nitrogens with two attached hydrogens (primary N) is 4. The second-order valence-electron chi connectivity index (χ2n) is 2.58. The van der Waals surface area contributed by atoms with Crippen molar-refractivity contribution in [2.75, 3.05) is 0 Å². The lowest BCUT2D eigenvalue weighted by Gasteiger charge is -2.06. The van der Waals surface area contributed by atoms with Gasteiger partial charge in [0, 0.05) is 0 Å². The third-order valence-electron chi connectivity index (χ3n) is 1.03. The normalized spacial score (nSPS) is 10.6. The van der Waals surface area contributed by atoms with Crippen molar-refractivity contribution in [3.05, 3.63) is 0 Å². The summed E-state index contributed by atoms with van der Waals surface area (Å²) in [6.07, 6.45) is -2.09. The van der Waals surface area contributed by atoms with Gasteiger partial charge in [0.1, 0.15) is 0 Å². The molecule has 76 valence electrons. The van der Waals surface area contributed by atoms with Gasteiger partial charge in [-0.3, -0.25) is 9.59 Å². The van der Waals surface area contributed by atoms with Gasteiger partial charge in [-0.2, -0.15) is 0 Å². The Bertz CT molecular complexity index is 172. The van der Waals surface area contributed by atoms with Gasteiger partial charge in [-0.15, -0.1) is 0 Å². The number of hydrogen-bond acceptors (Lipinski definition) is 7. The molecule has 0 aliphatic carbocycles. The zero-order valence-electron chi connectivity index (χ0n) is 7.10. The highest BCUT2D eigenvalue weighted by atomic mass is 16.6. The van der Waals surface area contributed by atoms with Crippen molar-refractivity contribution in [3.8, 4) is 0 Å². The van der Waals surface area contributed by atoms with Crippen molar-refractivity contribution in [1.82, 2.24) is 0 Å². The van der Waals surface area contributed by atoms with E-state index in [4.69, 9.17) is 22.9 Å². The molecule has 0 aromatic carbocycles. The minimum Gasteiger partial charge on any atom is -0.393 e. The van der Waals surface area contributed by atoms with Gasteiger partial charge in [0.2, 0.25) is 0 Å². The molecule has 0 heterocycles. The first-order valence-electron chi connectivity index (χ1n) is 3.67. The predicted molar refractivity (Wildman–Crippen MR) is 44.7 cm³/mol. The summed E-state index contributed by atoms with van der Waals surface area (Å²) in [5.74, 6) is -1.55. The number of hydrogen-bond donors (Lipinski definition) is 4. The van der Waals surface area contributed by atoms with Crippen LogP contribution in [0.5, 0.6) is 0 Å². The molecule has 0 aromatic rings. The number of rotatable bonds is 4. The molecule has 13 heavy (non-hydrogen) atoms. The highest BCUT2D eigenvalue weighted by Gasteiger charge is 2.13. The Morgan fingerprint density at radius 3 is 1.46 bits per heavy atom. The van der Waals surface area contributed by atoms with E-state index in [9.17, 15) is 9.59 Å². The zero-order chi connectivity index (χ0) is 10.4. The number of esters is 2. The molecule has 0 rings (SSSR count). The van der Waals surface area contributed by atoms with Crippen LogP contribution in [0, 0.1) is 0 Å². The standard InChI is InChI=1S/C6H14N4O3/c7-3(8)1-5(11)13-6(12)2-4(9)10/h3-4H,1-2,7-10H2. The lowest BCUT2D eigenvalue weighted by atomic mass is 10.3. The molecular formula is C6H14N4O3. The highest BCUT2D eigenvalue weighted by molar-refractivity contribution is 5.85. The van der Waals surface area contributed by atoms with E-state index >= 15 is 0 Å².